The van der Waals surface area contributed by atoms with E-state index in [9.17, 15) is 0 Å². The molecule has 0 aromatic carbocycles. The molecule has 2 unspecified atom stereocenters. The molecule has 0 bridgehead atoms. The number of guanidine groups is 1. The lowest BCUT2D eigenvalue weighted by molar-refractivity contribution is 0.0172. The van der Waals surface area contributed by atoms with Crippen LogP contribution in [-0.2, 0) is 0 Å². The fourth-order valence-corrected chi connectivity index (χ4v) is 5.96. The summed E-state index contributed by atoms with van der Waals surface area (Å²) in [5.41, 5.74) is 0.304. The van der Waals surface area contributed by atoms with Crippen molar-refractivity contribution >= 4 is 41.7 Å². The van der Waals surface area contributed by atoms with Gasteiger partial charge in [0.25, 0.3) is 0 Å². The third-order valence-corrected chi connectivity index (χ3v) is 8.15. The normalized spacial score (nSPS) is 29.8. The maximum atomic E-state index is 4.57. The van der Waals surface area contributed by atoms with Gasteiger partial charge in [-0.2, -0.15) is 11.8 Å². The summed E-state index contributed by atoms with van der Waals surface area (Å²) >= 11 is 2.03. The monoisotopic (exact) mass is 523 g/mol. The van der Waals surface area contributed by atoms with E-state index in [2.05, 4.69) is 38.7 Å². The quantitative estimate of drug-likeness (QED) is 0.329. The van der Waals surface area contributed by atoms with Gasteiger partial charge in [0, 0.05) is 30.4 Å². The van der Waals surface area contributed by atoms with Crippen molar-refractivity contribution in [2.75, 3.05) is 53.1 Å². The van der Waals surface area contributed by atoms with Crippen molar-refractivity contribution in [3.8, 4) is 0 Å². The minimum absolute atomic E-state index is 0. The second kappa shape index (κ2) is 12.2. The zero-order valence-electron chi connectivity index (χ0n) is 18.2. The number of hydrogen-bond donors (Lipinski definition) is 2. The van der Waals surface area contributed by atoms with E-state index in [0.717, 1.165) is 17.8 Å². The SMILES string of the molecule is CN=C(NCC1(N2CCCCC2)CCN(C)CC1)NC1CCCC(SC)C1.I. The smallest absolute Gasteiger partial charge is 0.191 e. The first-order chi connectivity index (χ1) is 13.1. The fourth-order valence-electron chi connectivity index (χ4n) is 5.13. The van der Waals surface area contributed by atoms with Gasteiger partial charge in [0.1, 0.15) is 0 Å². The lowest BCUT2D eigenvalue weighted by Crippen LogP contribution is -2.62. The van der Waals surface area contributed by atoms with Crippen LogP contribution >= 0.6 is 35.7 Å². The van der Waals surface area contributed by atoms with Crippen LogP contribution in [0.1, 0.15) is 57.8 Å². The number of thioether (sulfide) groups is 1. The van der Waals surface area contributed by atoms with E-state index < -0.39 is 0 Å². The summed E-state index contributed by atoms with van der Waals surface area (Å²) in [4.78, 5) is 9.85. The number of rotatable bonds is 5. The molecule has 2 aliphatic heterocycles. The van der Waals surface area contributed by atoms with Crippen molar-refractivity contribution in [1.82, 2.24) is 20.4 Å². The summed E-state index contributed by atoms with van der Waals surface area (Å²) in [5, 5.41) is 8.29. The predicted octanol–water partition coefficient (Wildman–Crippen LogP) is 3.39. The first-order valence-corrected chi connectivity index (χ1v) is 12.4. The third-order valence-electron chi connectivity index (χ3n) is 7.05. The van der Waals surface area contributed by atoms with Gasteiger partial charge in [-0.1, -0.05) is 12.8 Å². The molecular formula is C21H42IN5S. The van der Waals surface area contributed by atoms with E-state index in [-0.39, 0.29) is 24.0 Å². The number of likely N-dealkylation sites (tertiary alicyclic amines) is 2. The maximum Gasteiger partial charge on any atom is 0.191 e. The van der Waals surface area contributed by atoms with E-state index in [1.54, 1.807) is 0 Å². The Morgan fingerprint density at radius 1 is 1.07 bits per heavy atom. The average Bonchev–Trinajstić information content (AvgIpc) is 2.73. The molecule has 0 radical (unpaired) electrons. The largest absolute Gasteiger partial charge is 0.355 e. The van der Waals surface area contributed by atoms with E-state index in [1.165, 1.54) is 84.0 Å². The summed E-state index contributed by atoms with van der Waals surface area (Å²) < 4.78 is 0. The van der Waals surface area contributed by atoms with Crippen molar-refractivity contribution in [2.45, 2.75) is 74.6 Å². The summed E-state index contributed by atoms with van der Waals surface area (Å²) in [7, 11) is 4.19. The highest BCUT2D eigenvalue weighted by Crippen LogP contribution is 2.31. The standard InChI is InChI=1S/C21H41N5S.HI/c1-22-20(24-18-8-7-9-19(16-18)27-3)23-17-21(10-14-25(2)15-11-21)26-12-5-4-6-13-26;/h18-19H,4-17H2,1-3H3,(H2,22,23,24);1H. The van der Waals surface area contributed by atoms with Crippen LogP contribution in [0.25, 0.3) is 0 Å². The van der Waals surface area contributed by atoms with E-state index in [1.807, 2.05) is 18.8 Å². The summed E-state index contributed by atoms with van der Waals surface area (Å²) in [5.74, 6) is 1.01. The molecule has 0 aromatic rings. The van der Waals surface area contributed by atoms with Gasteiger partial charge in [0.15, 0.2) is 5.96 Å². The highest BCUT2D eigenvalue weighted by molar-refractivity contribution is 14.0. The molecule has 2 heterocycles. The Hall–Kier alpha value is 0.270. The van der Waals surface area contributed by atoms with Gasteiger partial charge in [-0.3, -0.25) is 9.89 Å². The van der Waals surface area contributed by atoms with E-state index >= 15 is 0 Å². The molecule has 3 rings (SSSR count). The molecule has 0 spiro atoms. The zero-order valence-corrected chi connectivity index (χ0v) is 21.4. The van der Waals surface area contributed by atoms with Crippen molar-refractivity contribution in [3.63, 3.8) is 0 Å². The molecule has 2 saturated heterocycles. The van der Waals surface area contributed by atoms with Gasteiger partial charge in [0.05, 0.1) is 0 Å². The topological polar surface area (TPSA) is 42.9 Å². The molecule has 0 aromatic heterocycles. The second-order valence-electron chi connectivity index (χ2n) is 8.87. The van der Waals surface area contributed by atoms with Crippen LogP contribution < -0.4 is 10.6 Å². The van der Waals surface area contributed by atoms with Gasteiger partial charge in [-0.25, -0.2) is 0 Å². The molecule has 28 heavy (non-hydrogen) atoms. The van der Waals surface area contributed by atoms with E-state index in [0.29, 0.717) is 11.6 Å². The minimum Gasteiger partial charge on any atom is -0.355 e. The molecule has 1 aliphatic carbocycles. The minimum atomic E-state index is 0. The number of aliphatic imine (C=N–C) groups is 1. The van der Waals surface area contributed by atoms with Crippen LogP contribution in [0.4, 0.5) is 0 Å². The Kier molecular flexibility index (Phi) is 10.7. The highest BCUT2D eigenvalue weighted by atomic mass is 127. The van der Waals surface area contributed by atoms with Crippen LogP contribution in [-0.4, -0.2) is 85.7 Å². The van der Waals surface area contributed by atoms with Gasteiger partial charge in [0.2, 0.25) is 0 Å². The van der Waals surface area contributed by atoms with Crippen LogP contribution in [0, 0.1) is 0 Å². The Morgan fingerprint density at radius 3 is 2.43 bits per heavy atom. The Balaban J connectivity index is 0.00000280. The third kappa shape index (κ3) is 6.64. The molecule has 5 nitrogen and oxygen atoms in total. The van der Waals surface area contributed by atoms with Crippen LogP contribution in [0.2, 0.25) is 0 Å². The molecule has 1 saturated carbocycles. The van der Waals surface area contributed by atoms with Gasteiger partial charge in [-0.05, 0) is 84.4 Å². The predicted molar refractivity (Wildman–Crippen MR) is 134 cm³/mol. The van der Waals surface area contributed by atoms with Crippen molar-refractivity contribution in [3.05, 3.63) is 0 Å². The Labute approximate surface area is 194 Å². The van der Waals surface area contributed by atoms with Crippen molar-refractivity contribution < 1.29 is 0 Å². The number of hydrogen-bond acceptors (Lipinski definition) is 4. The summed E-state index contributed by atoms with van der Waals surface area (Å²) in [6.07, 6.45) is 14.2. The highest BCUT2D eigenvalue weighted by Gasteiger charge is 2.39. The second-order valence-corrected chi connectivity index (χ2v) is 10.0. The lowest BCUT2D eigenvalue weighted by atomic mass is 9.84. The zero-order chi connectivity index (χ0) is 19.1. The molecule has 0 amide bonds. The number of nitrogens with one attached hydrogen (secondary N) is 2. The molecule has 2 N–H and O–H groups in total. The Bertz CT molecular complexity index is 475. The molecule has 3 fully saturated rings. The number of piperidine rings is 2. The lowest BCUT2D eigenvalue weighted by Gasteiger charge is -2.50. The molecule has 3 aliphatic rings. The molecule has 7 heteroatoms. The van der Waals surface area contributed by atoms with Crippen molar-refractivity contribution in [2.24, 2.45) is 4.99 Å². The average molecular weight is 524 g/mol. The maximum absolute atomic E-state index is 4.57. The van der Waals surface area contributed by atoms with Gasteiger partial charge in [-0.15, -0.1) is 24.0 Å². The van der Waals surface area contributed by atoms with Crippen LogP contribution in [0.5, 0.6) is 0 Å². The van der Waals surface area contributed by atoms with Gasteiger partial charge < -0.3 is 15.5 Å². The Morgan fingerprint density at radius 2 is 1.79 bits per heavy atom. The first kappa shape index (κ1) is 24.5. The van der Waals surface area contributed by atoms with Gasteiger partial charge >= 0.3 is 0 Å². The van der Waals surface area contributed by atoms with Crippen LogP contribution in [0.3, 0.4) is 0 Å². The van der Waals surface area contributed by atoms with E-state index in [4.69, 9.17) is 0 Å². The number of halogens is 1. The summed E-state index contributed by atoms with van der Waals surface area (Å²) in [6.45, 7) is 5.99. The van der Waals surface area contributed by atoms with Crippen molar-refractivity contribution in [1.29, 1.82) is 0 Å². The number of nitrogens with zero attached hydrogens (tertiary/aromatic N) is 3. The molecule has 2 atom stereocenters. The van der Waals surface area contributed by atoms with Crippen LogP contribution in [0.15, 0.2) is 4.99 Å². The molecule has 164 valence electrons. The molecular weight excluding hydrogens is 481 g/mol. The first-order valence-electron chi connectivity index (χ1n) is 11.1. The fraction of sp³-hybridized carbons (Fsp3) is 0.952. The summed E-state index contributed by atoms with van der Waals surface area (Å²) in [6, 6.07) is 0.575.